The largest absolute Gasteiger partial charge is 0.389 e. The Kier molecular flexibility index (Phi) is 4.47. The van der Waals surface area contributed by atoms with Gasteiger partial charge in [0.1, 0.15) is 0 Å². The number of carbonyl (C=O) groups excluding carboxylic acids is 1. The van der Waals surface area contributed by atoms with E-state index in [0.29, 0.717) is 0 Å². The van der Waals surface area contributed by atoms with Crippen LogP contribution in [0.1, 0.15) is 31.4 Å². The Bertz CT molecular complexity index is 469. The molecule has 1 amide bonds. The summed E-state index contributed by atoms with van der Waals surface area (Å²) in [6.07, 6.45) is 1.14. The van der Waals surface area contributed by atoms with Gasteiger partial charge in [0.2, 0.25) is 5.91 Å². The number of benzene rings is 1. The number of nitrogens with zero attached hydrogens (tertiary/aromatic N) is 1. The molecule has 1 fully saturated rings. The third-order valence-electron chi connectivity index (χ3n) is 3.69. The van der Waals surface area contributed by atoms with E-state index in [-0.39, 0.29) is 11.8 Å². The molecular formula is C14H19BrN2O2. The number of halogens is 1. The minimum Gasteiger partial charge on any atom is -0.389 e. The van der Waals surface area contributed by atoms with E-state index in [9.17, 15) is 9.90 Å². The molecule has 0 bridgehead atoms. The minimum atomic E-state index is -0.467. The molecule has 2 rings (SSSR count). The van der Waals surface area contributed by atoms with Gasteiger partial charge in [-0.2, -0.15) is 0 Å². The van der Waals surface area contributed by atoms with Gasteiger partial charge in [0.15, 0.2) is 0 Å². The number of hydrogen-bond donors (Lipinski definition) is 2. The highest BCUT2D eigenvalue weighted by Crippen LogP contribution is 2.32. The van der Waals surface area contributed by atoms with Crippen molar-refractivity contribution in [1.29, 1.82) is 0 Å². The zero-order valence-corrected chi connectivity index (χ0v) is 12.6. The first kappa shape index (κ1) is 14.3. The van der Waals surface area contributed by atoms with Crippen molar-refractivity contribution < 1.29 is 9.90 Å². The highest BCUT2D eigenvalue weighted by Gasteiger charge is 2.24. The third kappa shape index (κ3) is 3.28. The molecule has 1 aliphatic heterocycles. The molecule has 0 aliphatic carbocycles. The van der Waals surface area contributed by atoms with Gasteiger partial charge in [-0.25, -0.2) is 0 Å². The topological polar surface area (TPSA) is 66.6 Å². The predicted octanol–water partition coefficient (Wildman–Crippen LogP) is 2.20. The third-order valence-corrected chi connectivity index (χ3v) is 4.33. The molecule has 0 aromatic heterocycles. The maximum atomic E-state index is 11.2. The number of nitrogens with two attached hydrogens (primary N) is 1. The number of rotatable bonds is 3. The lowest BCUT2D eigenvalue weighted by molar-refractivity contribution is -0.122. The molecule has 3 N–H and O–H groups in total. The van der Waals surface area contributed by atoms with Crippen molar-refractivity contribution in [1.82, 2.24) is 0 Å². The van der Waals surface area contributed by atoms with Gasteiger partial charge in [-0.3, -0.25) is 4.79 Å². The van der Waals surface area contributed by atoms with Gasteiger partial charge in [-0.1, -0.05) is 6.07 Å². The minimum absolute atomic E-state index is 0.00626. The van der Waals surface area contributed by atoms with Gasteiger partial charge < -0.3 is 15.7 Å². The summed E-state index contributed by atoms with van der Waals surface area (Å²) in [7, 11) is 0. The van der Waals surface area contributed by atoms with Crippen LogP contribution in [0.2, 0.25) is 0 Å². The fourth-order valence-corrected chi connectivity index (χ4v) is 3.09. The Morgan fingerprint density at radius 1 is 1.47 bits per heavy atom. The lowest BCUT2D eigenvalue weighted by atomic mass is 9.96. The monoisotopic (exact) mass is 326 g/mol. The van der Waals surface area contributed by atoms with Crippen LogP contribution < -0.4 is 10.6 Å². The molecule has 1 heterocycles. The smallest absolute Gasteiger partial charge is 0.220 e. The second-order valence-corrected chi connectivity index (χ2v) is 5.90. The predicted molar refractivity (Wildman–Crippen MR) is 78.9 cm³/mol. The van der Waals surface area contributed by atoms with E-state index in [0.717, 1.165) is 41.7 Å². The van der Waals surface area contributed by atoms with Gasteiger partial charge in [0.05, 0.1) is 11.8 Å². The molecule has 1 aromatic carbocycles. The van der Waals surface area contributed by atoms with Crippen LogP contribution in [0.15, 0.2) is 22.7 Å². The summed E-state index contributed by atoms with van der Waals surface area (Å²) in [5.41, 5.74) is 7.34. The van der Waals surface area contributed by atoms with E-state index in [1.807, 2.05) is 18.2 Å². The van der Waals surface area contributed by atoms with Crippen molar-refractivity contribution in [3.63, 3.8) is 0 Å². The number of piperidine rings is 1. The highest BCUT2D eigenvalue weighted by molar-refractivity contribution is 9.10. The molecule has 1 aliphatic rings. The molecule has 4 nitrogen and oxygen atoms in total. The van der Waals surface area contributed by atoms with E-state index in [1.54, 1.807) is 6.92 Å². The van der Waals surface area contributed by atoms with Crippen LogP contribution in [0, 0.1) is 5.92 Å². The van der Waals surface area contributed by atoms with Gasteiger partial charge in [-0.15, -0.1) is 0 Å². The quantitative estimate of drug-likeness (QED) is 0.894. The Balaban J connectivity index is 2.09. The van der Waals surface area contributed by atoms with E-state index in [1.165, 1.54) is 0 Å². The van der Waals surface area contributed by atoms with E-state index in [2.05, 4.69) is 20.8 Å². The van der Waals surface area contributed by atoms with Crippen molar-refractivity contribution >= 4 is 27.5 Å². The summed E-state index contributed by atoms with van der Waals surface area (Å²) >= 11 is 3.55. The maximum absolute atomic E-state index is 11.2. The molecule has 104 valence electrons. The van der Waals surface area contributed by atoms with Crippen molar-refractivity contribution in [2.45, 2.75) is 25.9 Å². The second-order valence-electron chi connectivity index (χ2n) is 5.05. The van der Waals surface area contributed by atoms with Gasteiger partial charge in [0.25, 0.3) is 0 Å². The number of primary amides is 1. The Hall–Kier alpha value is -1.07. The van der Waals surface area contributed by atoms with E-state index >= 15 is 0 Å². The average molecular weight is 327 g/mol. The SMILES string of the molecule is C[C@@H](O)c1ccc(N2CCC(C(N)=O)CC2)c(Br)c1. The molecule has 0 saturated carbocycles. The van der Waals surface area contributed by atoms with Crippen molar-refractivity contribution in [3.05, 3.63) is 28.2 Å². The second kappa shape index (κ2) is 5.92. The summed E-state index contributed by atoms with van der Waals surface area (Å²) in [6, 6.07) is 5.89. The Morgan fingerprint density at radius 3 is 2.58 bits per heavy atom. The first-order valence-electron chi connectivity index (χ1n) is 6.51. The fraction of sp³-hybridized carbons (Fsp3) is 0.500. The van der Waals surface area contributed by atoms with Crippen LogP contribution in [0.5, 0.6) is 0 Å². The summed E-state index contributed by atoms with van der Waals surface area (Å²) in [6.45, 7) is 3.42. The lowest BCUT2D eigenvalue weighted by Gasteiger charge is -2.33. The molecule has 0 unspecified atom stereocenters. The Morgan fingerprint density at radius 2 is 2.11 bits per heavy atom. The number of anilines is 1. The zero-order valence-electron chi connectivity index (χ0n) is 11.0. The molecule has 19 heavy (non-hydrogen) atoms. The Labute approximate surface area is 121 Å². The standard InChI is InChI=1S/C14H19BrN2O2/c1-9(18)11-2-3-13(12(15)8-11)17-6-4-10(5-7-17)14(16)19/h2-3,8-10,18H,4-7H2,1H3,(H2,16,19)/t9-/m1/s1. The number of aliphatic hydroxyl groups excluding tert-OH is 1. The van der Waals surface area contributed by atoms with Crippen LogP contribution in [-0.2, 0) is 4.79 Å². The highest BCUT2D eigenvalue weighted by atomic mass is 79.9. The van der Waals surface area contributed by atoms with Crippen LogP contribution in [0.3, 0.4) is 0 Å². The van der Waals surface area contributed by atoms with Crippen molar-refractivity contribution in [2.24, 2.45) is 11.7 Å². The molecule has 1 aromatic rings. The number of amides is 1. The normalized spacial score (nSPS) is 18.4. The summed E-state index contributed by atoms with van der Waals surface area (Å²) < 4.78 is 0.975. The fourth-order valence-electron chi connectivity index (χ4n) is 2.44. The van der Waals surface area contributed by atoms with Crippen molar-refractivity contribution in [3.8, 4) is 0 Å². The summed E-state index contributed by atoms with van der Waals surface area (Å²) in [4.78, 5) is 13.4. The van der Waals surface area contributed by atoms with Crippen LogP contribution >= 0.6 is 15.9 Å². The van der Waals surface area contributed by atoms with Crippen LogP contribution in [0.4, 0.5) is 5.69 Å². The maximum Gasteiger partial charge on any atom is 0.220 e. The zero-order chi connectivity index (χ0) is 14.0. The van der Waals surface area contributed by atoms with Crippen LogP contribution in [-0.4, -0.2) is 24.1 Å². The van der Waals surface area contributed by atoms with E-state index < -0.39 is 6.10 Å². The number of aliphatic hydroxyl groups is 1. The molecule has 1 saturated heterocycles. The average Bonchev–Trinajstić information content (AvgIpc) is 2.38. The van der Waals surface area contributed by atoms with Crippen LogP contribution in [0.25, 0.3) is 0 Å². The van der Waals surface area contributed by atoms with Crippen molar-refractivity contribution in [2.75, 3.05) is 18.0 Å². The molecule has 0 spiro atoms. The molecule has 0 radical (unpaired) electrons. The molecule has 1 atom stereocenters. The molecular weight excluding hydrogens is 308 g/mol. The number of carbonyl (C=O) groups is 1. The van der Waals surface area contributed by atoms with Gasteiger partial charge >= 0.3 is 0 Å². The molecule has 5 heteroatoms. The summed E-state index contributed by atoms with van der Waals surface area (Å²) in [5, 5.41) is 9.56. The van der Waals surface area contributed by atoms with E-state index in [4.69, 9.17) is 5.73 Å². The first-order chi connectivity index (χ1) is 8.99. The summed E-state index contributed by atoms with van der Waals surface area (Å²) in [5.74, 6) is -0.185. The lowest BCUT2D eigenvalue weighted by Crippen LogP contribution is -2.38. The number of hydrogen-bond acceptors (Lipinski definition) is 3. The first-order valence-corrected chi connectivity index (χ1v) is 7.30. The van der Waals surface area contributed by atoms with Gasteiger partial charge in [-0.05, 0) is 53.4 Å². The van der Waals surface area contributed by atoms with Gasteiger partial charge in [0, 0.05) is 23.5 Å².